The van der Waals surface area contributed by atoms with Crippen LogP contribution < -0.4 is 0 Å². The molecule has 106 valence electrons. The largest absolute Gasteiger partial charge is 0.478 e. The van der Waals surface area contributed by atoms with Gasteiger partial charge in [0.1, 0.15) is 11.3 Å². The molecule has 0 aliphatic rings. The summed E-state index contributed by atoms with van der Waals surface area (Å²) in [7, 11) is 0. The normalized spacial score (nSPS) is 11.0. The van der Waals surface area contributed by atoms with E-state index in [9.17, 15) is 9.18 Å². The molecule has 0 radical (unpaired) electrons. The minimum atomic E-state index is -1.04. The molecule has 6 heteroatoms. The van der Waals surface area contributed by atoms with Crippen LogP contribution in [0.2, 0.25) is 5.02 Å². The lowest BCUT2D eigenvalue weighted by Gasteiger charge is -2.02. The molecule has 0 bridgehead atoms. The molecular formula is C15H9ClFNO3. The molecule has 0 saturated carbocycles. The van der Waals surface area contributed by atoms with Gasteiger partial charge in [0.25, 0.3) is 0 Å². The zero-order valence-electron chi connectivity index (χ0n) is 10.6. The fraction of sp³-hybridized carbons (Fsp3) is 0.0667. The number of aromatic carboxylic acids is 1. The Morgan fingerprint density at radius 3 is 2.86 bits per heavy atom. The van der Waals surface area contributed by atoms with Crippen LogP contribution in [0.1, 0.15) is 21.8 Å². The van der Waals surface area contributed by atoms with Crippen LogP contribution in [-0.2, 0) is 6.42 Å². The number of carboxylic acids is 1. The number of hydrogen-bond acceptors (Lipinski definition) is 3. The van der Waals surface area contributed by atoms with Gasteiger partial charge in [-0.3, -0.25) is 0 Å². The molecule has 2 aromatic carbocycles. The first kappa shape index (κ1) is 13.6. The molecule has 0 aliphatic carbocycles. The molecule has 4 nitrogen and oxygen atoms in total. The molecule has 0 atom stereocenters. The SMILES string of the molecule is O=C(O)c1ccc2oc(Cc3c(F)cccc3Cl)nc2c1. The van der Waals surface area contributed by atoms with Crippen molar-refractivity contribution in [1.82, 2.24) is 4.98 Å². The van der Waals surface area contributed by atoms with Crippen molar-refractivity contribution in [2.75, 3.05) is 0 Å². The summed E-state index contributed by atoms with van der Waals surface area (Å²) in [6, 6.07) is 8.78. The Kier molecular flexibility index (Phi) is 3.35. The molecule has 1 aromatic heterocycles. The van der Waals surface area contributed by atoms with E-state index in [1.165, 1.54) is 30.3 Å². The lowest BCUT2D eigenvalue weighted by molar-refractivity contribution is 0.0697. The van der Waals surface area contributed by atoms with Gasteiger partial charge in [0.05, 0.1) is 12.0 Å². The van der Waals surface area contributed by atoms with Crippen LogP contribution in [-0.4, -0.2) is 16.1 Å². The number of oxazole rings is 1. The quantitative estimate of drug-likeness (QED) is 0.797. The van der Waals surface area contributed by atoms with Crippen LogP contribution in [0.4, 0.5) is 4.39 Å². The minimum absolute atomic E-state index is 0.0998. The average Bonchev–Trinajstić information content (AvgIpc) is 2.84. The van der Waals surface area contributed by atoms with Gasteiger partial charge in [-0.05, 0) is 30.3 Å². The van der Waals surface area contributed by atoms with Crippen LogP contribution in [0.25, 0.3) is 11.1 Å². The topological polar surface area (TPSA) is 63.3 Å². The van der Waals surface area contributed by atoms with E-state index in [2.05, 4.69) is 4.98 Å². The summed E-state index contributed by atoms with van der Waals surface area (Å²) in [5, 5.41) is 9.23. The third-order valence-electron chi connectivity index (χ3n) is 3.07. The van der Waals surface area contributed by atoms with Gasteiger partial charge in [-0.15, -0.1) is 0 Å². The van der Waals surface area contributed by atoms with Gasteiger partial charge in [-0.2, -0.15) is 0 Å². The first-order valence-electron chi connectivity index (χ1n) is 6.10. The standard InChI is InChI=1S/C15H9ClFNO3/c16-10-2-1-3-11(17)9(10)7-14-18-12-6-8(15(19)20)4-5-13(12)21-14/h1-6H,7H2,(H,19,20). The second kappa shape index (κ2) is 5.18. The summed E-state index contributed by atoms with van der Waals surface area (Å²) < 4.78 is 19.2. The van der Waals surface area contributed by atoms with Gasteiger partial charge in [0.2, 0.25) is 0 Å². The molecule has 21 heavy (non-hydrogen) atoms. The molecule has 1 N–H and O–H groups in total. The number of hydrogen-bond donors (Lipinski definition) is 1. The summed E-state index contributed by atoms with van der Waals surface area (Å²) in [6.45, 7) is 0. The Morgan fingerprint density at radius 2 is 2.14 bits per heavy atom. The van der Waals surface area contributed by atoms with E-state index in [1.807, 2.05) is 0 Å². The van der Waals surface area contributed by atoms with E-state index in [-0.39, 0.29) is 17.9 Å². The van der Waals surface area contributed by atoms with E-state index < -0.39 is 11.8 Å². The summed E-state index contributed by atoms with van der Waals surface area (Å²) in [5.41, 5.74) is 1.27. The highest BCUT2D eigenvalue weighted by molar-refractivity contribution is 6.31. The first-order chi connectivity index (χ1) is 10.0. The van der Waals surface area contributed by atoms with Crippen molar-refractivity contribution in [2.45, 2.75) is 6.42 Å². The fourth-order valence-corrected chi connectivity index (χ4v) is 2.27. The van der Waals surface area contributed by atoms with Crippen molar-refractivity contribution in [3.05, 3.63) is 64.3 Å². The van der Waals surface area contributed by atoms with Crippen molar-refractivity contribution < 1.29 is 18.7 Å². The van der Waals surface area contributed by atoms with Crippen molar-refractivity contribution in [3.63, 3.8) is 0 Å². The zero-order chi connectivity index (χ0) is 15.0. The van der Waals surface area contributed by atoms with E-state index in [0.29, 0.717) is 21.7 Å². The molecule has 0 amide bonds. The van der Waals surface area contributed by atoms with Gasteiger partial charge in [-0.1, -0.05) is 17.7 Å². The van der Waals surface area contributed by atoms with Crippen LogP contribution >= 0.6 is 11.6 Å². The Bertz CT molecular complexity index is 824. The molecule has 3 aromatic rings. The number of rotatable bonds is 3. The Hall–Kier alpha value is -2.40. The highest BCUT2D eigenvalue weighted by Crippen LogP contribution is 2.24. The molecule has 0 fully saturated rings. The van der Waals surface area contributed by atoms with Crippen molar-refractivity contribution >= 4 is 28.7 Å². The number of nitrogens with zero attached hydrogens (tertiary/aromatic N) is 1. The maximum Gasteiger partial charge on any atom is 0.335 e. The molecule has 0 unspecified atom stereocenters. The van der Waals surface area contributed by atoms with Gasteiger partial charge < -0.3 is 9.52 Å². The number of halogens is 2. The van der Waals surface area contributed by atoms with E-state index >= 15 is 0 Å². The minimum Gasteiger partial charge on any atom is -0.478 e. The van der Waals surface area contributed by atoms with E-state index in [0.717, 1.165) is 0 Å². The molecule has 0 saturated heterocycles. The maximum atomic E-state index is 13.7. The smallest absolute Gasteiger partial charge is 0.335 e. The Labute approximate surface area is 123 Å². The lowest BCUT2D eigenvalue weighted by atomic mass is 10.1. The number of carbonyl (C=O) groups is 1. The van der Waals surface area contributed by atoms with Crippen molar-refractivity contribution in [1.29, 1.82) is 0 Å². The molecule has 3 rings (SSSR count). The van der Waals surface area contributed by atoms with Gasteiger partial charge in [0, 0.05) is 10.6 Å². The Balaban J connectivity index is 2.00. The van der Waals surface area contributed by atoms with Gasteiger partial charge in [-0.25, -0.2) is 14.2 Å². The third kappa shape index (κ3) is 2.60. The molecule has 0 aliphatic heterocycles. The monoisotopic (exact) mass is 305 g/mol. The molecular weight excluding hydrogens is 297 g/mol. The highest BCUT2D eigenvalue weighted by Gasteiger charge is 2.14. The molecule has 1 heterocycles. The molecule has 0 spiro atoms. The first-order valence-corrected chi connectivity index (χ1v) is 6.48. The second-order valence-corrected chi connectivity index (χ2v) is 4.88. The third-order valence-corrected chi connectivity index (χ3v) is 3.42. The van der Waals surface area contributed by atoms with Gasteiger partial charge in [0.15, 0.2) is 11.5 Å². The summed E-state index contributed by atoms with van der Waals surface area (Å²) >= 11 is 5.96. The number of fused-ring (bicyclic) bond motifs is 1. The van der Waals surface area contributed by atoms with Crippen LogP contribution in [0.3, 0.4) is 0 Å². The van der Waals surface area contributed by atoms with Crippen LogP contribution in [0.15, 0.2) is 40.8 Å². The second-order valence-electron chi connectivity index (χ2n) is 4.47. The highest BCUT2D eigenvalue weighted by atomic mass is 35.5. The van der Waals surface area contributed by atoms with Crippen LogP contribution in [0.5, 0.6) is 0 Å². The fourth-order valence-electron chi connectivity index (χ4n) is 2.04. The summed E-state index contributed by atoms with van der Waals surface area (Å²) in [4.78, 5) is 15.1. The van der Waals surface area contributed by atoms with Crippen LogP contribution in [0, 0.1) is 5.82 Å². The van der Waals surface area contributed by atoms with Crippen molar-refractivity contribution in [2.24, 2.45) is 0 Å². The van der Waals surface area contributed by atoms with Gasteiger partial charge >= 0.3 is 5.97 Å². The lowest BCUT2D eigenvalue weighted by Crippen LogP contribution is -1.95. The summed E-state index contributed by atoms with van der Waals surface area (Å²) in [5.74, 6) is -1.20. The zero-order valence-corrected chi connectivity index (χ0v) is 11.4. The predicted octanol–water partition coefficient (Wildman–Crippen LogP) is 3.91. The van der Waals surface area contributed by atoms with E-state index in [1.54, 1.807) is 6.07 Å². The van der Waals surface area contributed by atoms with E-state index in [4.69, 9.17) is 21.1 Å². The van der Waals surface area contributed by atoms with Crippen molar-refractivity contribution in [3.8, 4) is 0 Å². The number of aromatic nitrogens is 1. The number of benzene rings is 2. The Morgan fingerprint density at radius 1 is 1.33 bits per heavy atom. The maximum absolute atomic E-state index is 13.7. The average molecular weight is 306 g/mol. The number of carboxylic acid groups (broad SMARTS) is 1. The summed E-state index contributed by atoms with van der Waals surface area (Å²) in [6.07, 6.45) is 0.0998. The predicted molar refractivity (Wildman–Crippen MR) is 75.2 cm³/mol.